The van der Waals surface area contributed by atoms with Gasteiger partial charge in [0.1, 0.15) is 6.61 Å². The molecule has 1 aromatic heterocycles. The van der Waals surface area contributed by atoms with Crippen molar-refractivity contribution in [1.82, 2.24) is 14.7 Å². The van der Waals surface area contributed by atoms with Crippen molar-refractivity contribution in [2.45, 2.75) is 57.7 Å². The van der Waals surface area contributed by atoms with E-state index >= 15 is 0 Å². The maximum atomic E-state index is 13.1. The van der Waals surface area contributed by atoms with Gasteiger partial charge in [-0.2, -0.15) is 5.10 Å². The lowest BCUT2D eigenvalue weighted by Gasteiger charge is -2.47. The molecule has 3 heterocycles. The molecule has 2 unspecified atom stereocenters. The Balaban J connectivity index is 1.44. The highest BCUT2D eigenvalue weighted by molar-refractivity contribution is 5.98. The van der Waals surface area contributed by atoms with Crippen LogP contribution in [0.15, 0.2) is 36.5 Å². The van der Waals surface area contributed by atoms with E-state index in [1.165, 1.54) is 0 Å². The molecule has 4 rings (SSSR count). The van der Waals surface area contributed by atoms with Gasteiger partial charge in [0.05, 0.1) is 11.3 Å². The number of ether oxygens (including phenoxy) is 1. The summed E-state index contributed by atoms with van der Waals surface area (Å²) in [5.41, 5.74) is 2.48. The minimum atomic E-state index is -0.248. The third kappa shape index (κ3) is 3.68. The molecule has 2 atom stereocenters. The number of fused-ring (bicyclic) bond motifs is 2. The van der Waals surface area contributed by atoms with Gasteiger partial charge in [-0.05, 0) is 44.6 Å². The number of Topliss-reactive ketones (excluding diaryl/α,β-unsaturated/α-hetero) is 1. The van der Waals surface area contributed by atoms with Gasteiger partial charge in [-0.1, -0.05) is 30.3 Å². The van der Waals surface area contributed by atoms with Crippen LogP contribution in [-0.4, -0.2) is 38.6 Å². The zero-order chi connectivity index (χ0) is 19.7. The Hall–Kier alpha value is -2.63. The van der Waals surface area contributed by atoms with Crippen LogP contribution < -0.4 is 0 Å². The monoisotopic (exact) mass is 381 g/mol. The summed E-state index contributed by atoms with van der Waals surface area (Å²) in [6.45, 7) is 2.16. The van der Waals surface area contributed by atoms with Crippen molar-refractivity contribution >= 4 is 11.9 Å². The summed E-state index contributed by atoms with van der Waals surface area (Å²) in [7, 11) is 1.84. The molecule has 6 heteroatoms. The first kappa shape index (κ1) is 18.7. The van der Waals surface area contributed by atoms with E-state index < -0.39 is 0 Å². The van der Waals surface area contributed by atoms with E-state index in [0.717, 1.165) is 30.5 Å². The lowest BCUT2D eigenvalue weighted by atomic mass is 9.76. The second kappa shape index (κ2) is 7.78. The zero-order valence-corrected chi connectivity index (χ0v) is 16.5. The van der Waals surface area contributed by atoms with Crippen molar-refractivity contribution in [2.75, 3.05) is 0 Å². The molecule has 6 nitrogen and oxygen atoms in total. The number of piperidine rings is 2. The second-order valence-corrected chi connectivity index (χ2v) is 8.02. The number of hydrogen-bond acceptors (Lipinski definition) is 4. The minimum Gasteiger partial charge on any atom is -0.445 e. The molecule has 2 saturated heterocycles. The van der Waals surface area contributed by atoms with Gasteiger partial charge in [-0.15, -0.1) is 0 Å². The summed E-state index contributed by atoms with van der Waals surface area (Å²) in [5, 5.41) is 4.31. The molecular weight excluding hydrogens is 354 g/mol. The fraction of sp³-hybridized carbons (Fsp3) is 0.500. The van der Waals surface area contributed by atoms with Crippen LogP contribution in [-0.2, 0) is 18.4 Å². The number of benzene rings is 1. The van der Waals surface area contributed by atoms with E-state index in [1.807, 2.05) is 55.4 Å². The number of amides is 1. The van der Waals surface area contributed by atoms with Gasteiger partial charge in [0.25, 0.3) is 0 Å². The fourth-order valence-corrected chi connectivity index (χ4v) is 4.75. The van der Waals surface area contributed by atoms with Crippen molar-refractivity contribution in [3.05, 3.63) is 53.3 Å². The highest BCUT2D eigenvalue weighted by atomic mass is 16.6. The molecule has 148 valence electrons. The first-order valence-corrected chi connectivity index (χ1v) is 10.1. The van der Waals surface area contributed by atoms with Gasteiger partial charge in [0.15, 0.2) is 5.78 Å². The first-order chi connectivity index (χ1) is 13.5. The van der Waals surface area contributed by atoms with Crippen LogP contribution in [0.25, 0.3) is 0 Å². The molecule has 1 aromatic carbocycles. The van der Waals surface area contributed by atoms with Crippen LogP contribution in [0.2, 0.25) is 0 Å². The van der Waals surface area contributed by atoms with Crippen LogP contribution in [0.1, 0.15) is 53.7 Å². The molecule has 2 bridgehead atoms. The van der Waals surface area contributed by atoms with E-state index in [1.54, 1.807) is 4.68 Å². The Morgan fingerprint density at radius 1 is 1.14 bits per heavy atom. The molecule has 1 amide bonds. The molecule has 28 heavy (non-hydrogen) atoms. The van der Waals surface area contributed by atoms with Crippen molar-refractivity contribution in [3.63, 3.8) is 0 Å². The summed E-state index contributed by atoms with van der Waals surface area (Å²) in [6, 6.07) is 9.90. The number of rotatable bonds is 4. The summed E-state index contributed by atoms with van der Waals surface area (Å²) in [4.78, 5) is 27.8. The molecule has 0 spiro atoms. The van der Waals surface area contributed by atoms with E-state index in [0.29, 0.717) is 18.4 Å². The molecule has 2 aliphatic rings. The van der Waals surface area contributed by atoms with E-state index in [9.17, 15) is 9.59 Å². The van der Waals surface area contributed by atoms with E-state index in [-0.39, 0.29) is 36.5 Å². The molecule has 0 N–H and O–H groups in total. The fourth-order valence-electron chi connectivity index (χ4n) is 4.75. The number of carbonyl (C=O) groups excluding carboxylic acids is 2. The van der Waals surface area contributed by atoms with E-state index in [2.05, 4.69) is 5.10 Å². The molecule has 2 fully saturated rings. The topological polar surface area (TPSA) is 64.4 Å². The Kier molecular flexibility index (Phi) is 5.20. The minimum absolute atomic E-state index is 0.0450. The van der Waals surface area contributed by atoms with Gasteiger partial charge >= 0.3 is 6.09 Å². The van der Waals surface area contributed by atoms with Crippen LogP contribution in [0.5, 0.6) is 0 Å². The van der Waals surface area contributed by atoms with Crippen molar-refractivity contribution in [3.8, 4) is 0 Å². The molecule has 0 saturated carbocycles. The van der Waals surface area contributed by atoms with Gasteiger partial charge < -0.3 is 9.64 Å². The molecular formula is C22H27N3O3. The molecule has 2 aromatic rings. The number of carbonyl (C=O) groups is 2. The summed E-state index contributed by atoms with van der Waals surface area (Å²) >= 11 is 0. The Bertz CT molecular complexity index is 847. The predicted molar refractivity (Wildman–Crippen MR) is 105 cm³/mol. The van der Waals surface area contributed by atoms with Gasteiger partial charge in [0, 0.05) is 31.2 Å². The summed E-state index contributed by atoms with van der Waals surface area (Å²) in [5.74, 6) is 0.121. The molecule has 0 aliphatic carbocycles. The number of aryl methyl sites for hydroxylation is 2. The predicted octanol–water partition coefficient (Wildman–Crippen LogP) is 3.88. The maximum absolute atomic E-state index is 13.1. The number of aromatic nitrogens is 2. The lowest BCUT2D eigenvalue weighted by Crippen LogP contribution is -2.55. The summed E-state index contributed by atoms with van der Waals surface area (Å²) in [6.07, 6.45) is 5.97. The highest BCUT2D eigenvalue weighted by Crippen LogP contribution is 2.39. The average Bonchev–Trinajstić information content (AvgIpc) is 3.03. The van der Waals surface area contributed by atoms with Crippen LogP contribution in [0, 0.1) is 12.8 Å². The van der Waals surface area contributed by atoms with Gasteiger partial charge in [-0.25, -0.2) is 4.79 Å². The average molecular weight is 381 g/mol. The summed E-state index contributed by atoms with van der Waals surface area (Å²) < 4.78 is 7.29. The Morgan fingerprint density at radius 3 is 2.43 bits per heavy atom. The lowest BCUT2D eigenvalue weighted by molar-refractivity contribution is 0.00471. The third-order valence-corrected chi connectivity index (χ3v) is 6.04. The van der Waals surface area contributed by atoms with Crippen molar-refractivity contribution in [1.29, 1.82) is 0 Å². The highest BCUT2D eigenvalue weighted by Gasteiger charge is 2.44. The Morgan fingerprint density at radius 2 is 1.82 bits per heavy atom. The molecule has 2 aliphatic heterocycles. The van der Waals surface area contributed by atoms with Crippen LogP contribution >= 0.6 is 0 Å². The third-order valence-electron chi connectivity index (χ3n) is 6.04. The van der Waals surface area contributed by atoms with Crippen molar-refractivity contribution in [2.24, 2.45) is 13.0 Å². The van der Waals surface area contributed by atoms with Crippen LogP contribution in [0.4, 0.5) is 4.79 Å². The Labute approximate surface area is 165 Å². The quantitative estimate of drug-likeness (QED) is 0.754. The van der Waals surface area contributed by atoms with Gasteiger partial charge in [0.2, 0.25) is 0 Å². The smallest absolute Gasteiger partial charge is 0.410 e. The van der Waals surface area contributed by atoms with Crippen molar-refractivity contribution < 1.29 is 14.3 Å². The SMILES string of the molecule is Cc1nn(C)cc1C(=O)C1CC2CCCC(C1)N2C(=O)OCc1ccccc1. The van der Waals surface area contributed by atoms with Crippen LogP contribution in [0.3, 0.4) is 0 Å². The van der Waals surface area contributed by atoms with Gasteiger partial charge in [-0.3, -0.25) is 9.48 Å². The zero-order valence-electron chi connectivity index (χ0n) is 16.5. The second-order valence-electron chi connectivity index (χ2n) is 8.02. The maximum Gasteiger partial charge on any atom is 0.410 e. The first-order valence-electron chi connectivity index (χ1n) is 10.1. The largest absolute Gasteiger partial charge is 0.445 e. The normalized spacial score (nSPS) is 24.1. The number of hydrogen-bond donors (Lipinski definition) is 0. The number of nitrogens with zero attached hydrogens (tertiary/aromatic N) is 3. The standard InChI is InChI=1S/C22H27N3O3/c1-15-20(13-24(2)23-15)21(26)17-11-18-9-6-10-19(12-17)25(18)22(27)28-14-16-7-4-3-5-8-16/h3-5,7-8,13,17-19H,6,9-12,14H2,1-2H3. The van der Waals surface area contributed by atoms with E-state index in [4.69, 9.17) is 4.74 Å². The number of ketones is 1. The molecule has 0 radical (unpaired) electrons.